The number of hydrogen-bond donors (Lipinski definition) is 3. The van der Waals surface area contributed by atoms with E-state index in [4.69, 9.17) is 0 Å². The lowest BCUT2D eigenvalue weighted by atomic mass is 9.80. The summed E-state index contributed by atoms with van der Waals surface area (Å²) in [4.78, 5) is 12.6. The Balaban J connectivity index is 1.89. The summed E-state index contributed by atoms with van der Waals surface area (Å²) in [5.41, 5.74) is -0.279. The fourth-order valence-electron chi connectivity index (χ4n) is 3.47. The molecule has 116 valence electrons. The summed E-state index contributed by atoms with van der Waals surface area (Å²) in [6.07, 6.45) is 9.13. The van der Waals surface area contributed by atoms with Gasteiger partial charge in [0.15, 0.2) is 0 Å². The van der Waals surface area contributed by atoms with Gasteiger partial charge in [-0.2, -0.15) is 0 Å². The normalized spacial score (nSPS) is 23.4. The van der Waals surface area contributed by atoms with Crippen LogP contribution in [0.5, 0.6) is 0 Å². The highest BCUT2D eigenvalue weighted by Gasteiger charge is 2.39. The van der Waals surface area contributed by atoms with Crippen LogP contribution in [0, 0.1) is 5.92 Å². The minimum absolute atomic E-state index is 0.244. The summed E-state index contributed by atoms with van der Waals surface area (Å²) in [5.74, 6) is 0.974. The lowest BCUT2D eigenvalue weighted by Crippen LogP contribution is -2.59. The van der Waals surface area contributed by atoms with Crippen molar-refractivity contribution in [3.63, 3.8) is 0 Å². The molecule has 2 aliphatic rings. The molecule has 1 saturated heterocycles. The van der Waals surface area contributed by atoms with Crippen LogP contribution in [-0.2, 0) is 4.79 Å². The molecular formula is C16H31N3O. The zero-order valence-electron chi connectivity index (χ0n) is 13.0. The lowest BCUT2D eigenvalue weighted by Gasteiger charge is -2.38. The van der Waals surface area contributed by atoms with Crippen molar-refractivity contribution in [2.45, 2.75) is 63.8 Å². The van der Waals surface area contributed by atoms with Gasteiger partial charge in [-0.3, -0.25) is 4.79 Å². The average molecular weight is 281 g/mol. The van der Waals surface area contributed by atoms with E-state index in [9.17, 15) is 4.79 Å². The zero-order valence-corrected chi connectivity index (χ0v) is 13.0. The Morgan fingerprint density at radius 3 is 2.55 bits per heavy atom. The third-order valence-corrected chi connectivity index (χ3v) is 4.87. The van der Waals surface area contributed by atoms with Gasteiger partial charge in [0, 0.05) is 6.54 Å². The van der Waals surface area contributed by atoms with Gasteiger partial charge in [0.2, 0.25) is 5.91 Å². The van der Waals surface area contributed by atoms with Crippen molar-refractivity contribution in [2.75, 3.05) is 26.2 Å². The maximum absolute atomic E-state index is 12.6. The first-order chi connectivity index (χ1) is 9.77. The largest absolute Gasteiger partial charge is 0.355 e. The van der Waals surface area contributed by atoms with Crippen molar-refractivity contribution in [1.29, 1.82) is 0 Å². The quantitative estimate of drug-likeness (QED) is 0.696. The zero-order chi connectivity index (χ0) is 14.3. The van der Waals surface area contributed by atoms with E-state index in [0.29, 0.717) is 0 Å². The van der Waals surface area contributed by atoms with Gasteiger partial charge in [-0.15, -0.1) is 0 Å². The topological polar surface area (TPSA) is 53.2 Å². The van der Waals surface area contributed by atoms with Gasteiger partial charge in [0.05, 0.1) is 5.54 Å². The Morgan fingerprint density at radius 2 is 1.90 bits per heavy atom. The number of hydrogen-bond acceptors (Lipinski definition) is 3. The molecule has 0 bridgehead atoms. The number of carbonyl (C=O) groups excluding carboxylic acids is 1. The standard InChI is InChI=1S/C16H31N3O/c1-2-10-18-15(20)16(8-4-3-5-9-16)19-13-14-6-11-17-12-7-14/h14,17,19H,2-13H2,1H3,(H,18,20). The molecule has 0 radical (unpaired) electrons. The molecule has 0 aromatic carbocycles. The second kappa shape index (κ2) is 7.99. The van der Waals surface area contributed by atoms with Crippen LogP contribution in [0.1, 0.15) is 58.3 Å². The van der Waals surface area contributed by atoms with E-state index >= 15 is 0 Å². The highest BCUT2D eigenvalue weighted by molar-refractivity contribution is 5.86. The van der Waals surface area contributed by atoms with Crippen molar-refractivity contribution in [1.82, 2.24) is 16.0 Å². The molecule has 1 amide bonds. The van der Waals surface area contributed by atoms with E-state index in [1.165, 1.54) is 32.1 Å². The van der Waals surface area contributed by atoms with Gasteiger partial charge in [0.1, 0.15) is 0 Å². The number of piperidine rings is 1. The molecular weight excluding hydrogens is 250 g/mol. The molecule has 0 atom stereocenters. The first-order valence-corrected chi connectivity index (χ1v) is 8.51. The Morgan fingerprint density at radius 1 is 1.20 bits per heavy atom. The van der Waals surface area contributed by atoms with E-state index in [2.05, 4.69) is 22.9 Å². The monoisotopic (exact) mass is 281 g/mol. The fourth-order valence-corrected chi connectivity index (χ4v) is 3.47. The maximum Gasteiger partial charge on any atom is 0.240 e. The van der Waals surface area contributed by atoms with Crippen LogP contribution in [0.25, 0.3) is 0 Å². The van der Waals surface area contributed by atoms with Crippen molar-refractivity contribution in [3.8, 4) is 0 Å². The maximum atomic E-state index is 12.6. The third-order valence-electron chi connectivity index (χ3n) is 4.87. The third kappa shape index (κ3) is 4.19. The first kappa shape index (κ1) is 15.8. The van der Waals surface area contributed by atoms with Crippen LogP contribution in [0.3, 0.4) is 0 Å². The van der Waals surface area contributed by atoms with Crippen molar-refractivity contribution < 1.29 is 4.79 Å². The molecule has 0 unspecified atom stereocenters. The number of nitrogens with one attached hydrogen (secondary N) is 3. The predicted octanol–water partition coefficient (Wildman–Crippen LogP) is 1.80. The van der Waals surface area contributed by atoms with Crippen LogP contribution >= 0.6 is 0 Å². The van der Waals surface area contributed by atoms with E-state index in [1.807, 2.05) is 0 Å². The summed E-state index contributed by atoms with van der Waals surface area (Å²) in [6, 6.07) is 0. The first-order valence-electron chi connectivity index (χ1n) is 8.51. The van der Waals surface area contributed by atoms with Gasteiger partial charge in [-0.1, -0.05) is 26.2 Å². The molecule has 0 spiro atoms. The summed E-state index contributed by atoms with van der Waals surface area (Å²) in [7, 11) is 0. The molecule has 0 aromatic heterocycles. The molecule has 1 saturated carbocycles. The molecule has 4 nitrogen and oxygen atoms in total. The highest BCUT2D eigenvalue weighted by Crippen LogP contribution is 2.29. The Hall–Kier alpha value is -0.610. The number of rotatable bonds is 6. The smallest absolute Gasteiger partial charge is 0.240 e. The van der Waals surface area contributed by atoms with E-state index in [-0.39, 0.29) is 11.4 Å². The van der Waals surface area contributed by atoms with Crippen molar-refractivity contribution in [3.05, 3.63) is 0 Å². The van der Waals surface area contributed by atoms with E-state index < -0.39 is 0 Å². The van der Waals surface area contributed by atoms with Crippen LogP contribution < -0.4 is 16.0 Å². The SMILES string of the molecule is CCCNC(=O)C1(NCC2CCNCC2)CCCCC1. The van der Waals surface area contributed by atoms with Gasteiger partial charge in [-0.25, -0.2) is 0 Å². The predicted molar refractivity (Wildman–Crippen MR) is 82.7 cm³/mol. The Bertz CT molecular complexity index is 294. The molecule has 1 aliphatic carbocycles. The van der Waals surface area contributed by atoms with E-state index in [1.54, 1.807) is 0 Å². The highest BCUT2D eigenvalue weighted by atomic mass is 16.2. The Kier molecular flexibility index (Phi) is 6.30. The van der Waals surface area contributed by atoms with Crippen LogP contribution in [0.15, 0.2) is 0 Å². The summed E-state index contributed by atoms with van der Waals surface area (Å²) in [6.45, 7) is 6.16. The van der Waals surface area contributed by atoms with Gasteiger partial charge in [-0.05, 0) is 57.7 Å². The lowest BCUT2D eigenvalue weighted by molar-refractivity contribution is -0.129. The van der Waals surface area contributed by atoms with Gasteiger partial charge < -0.3 is 16.0 Å². The molecule has 1 heterocycles. The molecule has 1 aliphatic heterocycles. The fraction of sp³-hybridized carbons (Fsp3) is 0.938. The van der Waals surface area contributed by atoms with E-state index in [0.717, 1.165) is 51.4 Å². The second-order valence-corrected chi connectivity index (χ2v) is 6.47. The minimum atomic E-state index is -0.279. The van der Waals surface area contributed by atoms with Crippen molar-refractivity contribution >= 4 is 5.91 Å². The van der Waals surface area contributed by atoms with Crippen LogP contribution in [0.4, 0.5) is 0 Å². The van der Waals surface area contributed by atoms with Crippen LogP contribution in [0.2, 0.25) is 0 Å². The van der Waals surface area contributed by atoms with Gasteiger partial charge in [0.25, 0.3) is 0 Å². The Labute approximate surface area is 123 Å². The molecule has 0 aromatic rings. The molecule has 20 heavy (non-hydrogen) atoms. The summed E-state index contributed by atoms with van der Waals surface area (Å²) < 4.78 is 0. The van der Waals surface area contributed by atoms with Crippen molar-refractivity contribution in [2.24, 2.45) is 5.92 Å². The minimum Gasteiger partial charge on any atom is -0.355 e. The average Bonchev–Trinajstić information content (AvgIpc) is 2.52. The summed E-state index contributed by atoms with van der Waals surface area (Å²) in [5, 5.41) is 10.2. The number of carbonyl (C=O) groups is 1. The van der Waals surface area contributed by atoms with Crippen LogP contribution in [-0.4, -0.2) is 37.6 Å². The van der Waals surface area contributed by atoms with Gasteiger partial charge >= 0.3 is 0 Å². The molecule has 4 heteroatoms. The second-order valence-electron chi connectivity index (χ2n) is 6.47. The summed E-state index contributed by atoms with van der Waals surface area (Å²) >= 11 is 0. The molecule has 3 N–H and O–H groups in total. The number of amides is 1. The molecule has 2 fully saturated rings. The molecule has 2 rings (SSSR count).